The van der Waals surface area contributed by atoms with Crippen LogP contribution in [0.5, 0.6) is 5.75 Å². The number of hydrogen-bond donors (Lipinski definition) is 2. The second kappa shape index (κ2) is 12.5. The van der Waals surface area contributed by atoms with Crippen LogP contribution in [0.2, 0.25) is 5.02 Å². The summed E-state index contributed by atoms with van der Waals surface area (Å²) in [6.07, 6.45) is 9.90. The fourth-order valence-corrected chi connectivity index (χ4v) is 4.18. The number of anilines is 1. The number of ether oxygens (including phenoxy) is 1. The Kier molecular flexibility index (Phi) is 9.42. The van der Waals surface area contributed by atoms with E-state index in [2.05, 4.69) is 17.6 Å². The van der Waals surface area contributed by atoms with Gasteiger partial charge in [-0.05, 0) is 49.6 Å². The summed E-state index contributed by atoms with van der Waals surface area (Å²) >= 11 is 6.29. The third-order valence-electron chi connectivity index (χ3n) is 5.80. The highest BCUT2D eigenvalue weighted by atomic mass is 35.5. The van der Waals surface area contributed by atoms with Crippen LogP contribution in [-0.4, -0.2) is 24.5 Å². The molecule has 3 rings (SSSR count). The number of unbranched alkanes of at least 4 members (excludes halogenated alkanes) is 3. The van der Waals surface area contributed by atoms with Crippen molar-refractivity contribution in [3.63, 3.8) is 0 Å². The summed E-state index contributed by atoms with van der Waals surface area (Å²) in [4.78, 5) is 25.7. The minimum Gasteiger partial charge on any atom is -0.493 e. The van der Waals surface area contributed by atoms with Crippen LogP contribution in [0.3, 0.4) is 0 Å². The van der Waals surface area contributed by atoms with E-state index in [1.807, 2.05) is 12.1 Å². The molecule has 1 saturated carbocycles. The molecule has 2 N–H and O–H groups in total. The predicted molar refractivity (Wildman–Crippen MR) is 130 cm³/mol. The van der Waals surface area contributed by atoms with Gasteiger partial charge < -0.3 is 15.4 Å². The van der Waals surface area contributed by atoms with E-state index in [-0.39, 0.29) is 17.9 Å². The molecule has 6 heteroatoms. The first-order valence-corrected chi connectivity index (χ1v) is 12.1. The molecule has 0 spiro atoms. The predicted octanol–water partition coefficient (Wildman–Crippen LogP) is 6.61. The molecule has 172 valence electrons. The molecule has 0 heterocycles. The smallest absolute Gasteiger partial charge is 0.259 e. The molecule has 1 fully saturated rings. The van der Waals surface area contributed by atoms with Gasteiger partial charge in [-0.1, -0.05) is 69.2 Å². The van der Waals surface area contributed by atoms with Gasteiger partial charge in [0.15, 0.2) is 0 Å². The minimum atomic E-state index is -0.282. The fraction of sp³-hybridized carbons (Fsp3) is 0.462. The van der Waals surface area contributed by atoms with E-state index >= 15 is 0 Å². The van der Waals surface area contributed by atoms with E-state index < -0.39 is 0 Å². The molecule has 2 aromatic rings. The molecule has 5 nitrogen and oxygen atoms in total. The number of rotatable bonds is 10. The van der Waals surface area contributed by atoms with E-state index in [0.29, 0.717) is 34.2 Å². The van der Waals surface area contributed by atoms with Crippen molar-refractivity contribution < 1.29 is 14.3 Å². The summed E-state index contributed by atoms with van der Waals surface area (Å²) < 4.78 is 5.86. The van der Waals surface area contributed by atoms with E-state index in [4.69, 9.17) is 16.3 Å². The molecule has 32 heavy (non-hydrogen) atoms. The van der Waals surface area contributed by atoms with Crippen LogP contribution in [0.4, 0.5) is 5.69 Å². The Hall–Kier alpha value is -2.53. The third kappa shape index (κ3) is 6.99. The zero-order valence-electron chi connectivity index (χ0n) is 18.8. The van der Waals surface area contributed by atoms with Crippen molar-refractivity contribution in [1.82, 2.24) is 5.32 Å². The lowest BCUT2D eigenvalue weighted by atomic mass is 9.95. The molecule has 0 aromatic heterocycles. The van der Waals surface area contributed by atoms with E-state index in [0.717, 1.165) is 38.5 Å². The van der Waals surface area contributed by atoms with Gasteiger partial charge in [0, 0.05) is 11.7 Å². The highest BCUT2D eigenvalue weighted by Gasteiger charge is 2.19. The molecular weight excluding hydrogens is 424 g/mol. The molecule has 1 aliphatic carbocycles. The lowest BCUT2D eigenvalue weighted by Crippen LogP contribution is -2.36. The number of carbonyl (C=O) groups is 2. The monoisotopic (exact) mass is 456 g/mol. The van der Waals surface area contributed by atoms with Crippen LogP contribution in [0.15, 0.2) is 42.5 Å². The molecule has 0 radical (unpaired) electrons. The highest BCUT2D eigenvalue weighted by Crippen LogP contribution is 2.25. The maximum Gasteiger partial charge on any atom is 0.259 e. The second-order valence-electron chi connectivity index (χ2n) is 8.36. The fourth-order valence-electron chi connectivity index (χ4n) is 3.98. The summed E-state index contributed by atoms with van der Waals surface area (Å²) in [5.41, 5.74) is 1.35. The molecule has 0 bridgehead atoms. The molecule has 0 atom stereocenters. The SMILES string of the molecule is CCCCCCOc1ccccc1C(=O)Nc1ccc(Cl)c(C(=O)NC2CCCCC2)c1. The molecule has 0 saturated heterocycles. The maximum absolute atomic E-state index is 12.9. The van der Waals surface area contributed by atoms with Gasteiger partial charge in [0.05, 0.1) is 22.8 Å². The number of para-hydroxylation sites is 1. The van der Waals surface area contributed by atoms with Crippen LogP contribution < -0.4 is 15.4 Å². The van der Waals surface area contributed by atoms with Gasteiger partial charge in [0.1, 0.15) is 5.75 Å². The Morgan fingerprint density at radius 3 is 2.53 bits per heavy atom. The number of nitrogens with one attached hydrogen (secondary N) is 2. The van der Waals surface area contributed by atoms with Crippen molar-refractivity contribution in [3.05, 3.63) is 58.6 Å². The second-order valence-corrected chi connectivity index (χ2v) is 8.77. The van der Waals surface area contributed by atoms with E-state index in [1.165, 1.54) is 19.3 Å². The van der Waals surface area contributed by atoms with Gasteiger partial charge in [-0.3, -0.25) is 9.59 Å². The number of amides is 2. The number of halogens is 1. The van der Waals surface area contributed by atoms with Gasteiger partial charge >= 0.3 is 0 Å². The van der Waals surface area contributed by atoms with Gasteiger partial charge in [-0.15, -0.1) is 0 Å². The molecular formula is C26H33ClN2O3. The Balaban J connectivity index is 1.65. The van der Waals surface area contributed by atoms with Crippen LogP contribution in [0.25, 0.3) is 0 Å². The Morgan fingerprint density at radius 2 is 1.75 bits per heavy atom. The number of benzene rings is 2. The van der Waals surface area contributed by atoms with Gasteiger partial charge in [-0.25, -0.2) is 0 Å². The first-order chi connectivity index (χ1) is 15.6. The molecule has 2 aromatic carbocycles. The molecule has 2 amide bonds. The zero-order chi connectivity index (χ0) is 22.8. The average molecular weight is 457 g/mol. The van der Waals surface area contributed by atoms with Gasteiger partial charge in [0.25, 0.3) is 11.8 Å². The molecule has 0 unspecified atom stereocenters. The summed E-state index contributed by atoms with van der Waals surface area (Å²) in [5, 5.41) is 6.32. The quantitative estimate of drug-likeness (QED) is 0.395. The minimum absolute atomic E-state index is 0.187. The standard InChI is InChI=1S/C26H33ClN2O3/c1-2-3-4-10-17-32-24-14-9-8-13-21(24)25(30)29-20-15-16-23(27)22(18-20)26(31)28-19-11-6-5-7-12-19/h8-9,13-16,18-19H,2-7,10-12,17H2,1H3,(H,28,31)(H,29,30). The van der Waals surface area contributed by atoms with Crippen molar-refractivity contribution in [2.45, 2.75) is 70.8 Å². The summed E-state index contributed by atoms with van der Waals surface area (Å²) in [6, 6.07) is 12.4. The normalized spacial score (nSPS) is 14.1. The van der Waals surface area contributed by atoms with Crippen molar-refractivity contribution in [3.8, 4) is 5.75 Å². The summed E-state index contributed by atoms with van der Waals surface area (Å²) in [7, 11) is 0. The maximum atomic E-state index is 12.9. The van der Waals surface area contributed by atoms with Crippen molar-refractivity contribution in [2.24, 2.45) is 0 Å². The van der Waals surface area contributed by atoms with E-state index in [1.54, 1.807) is 30.3 Å². The van der Waals surface area contributed by atoms with Crippen LogP contribution >= 0.6 is 11.6 Å². The Labute approximate surface area is 195 Å². The van der Waals surface area contributed by atoms with Crippen LogP contribution in [-0.2, 0) is 0 Å². The first kappa shape index (κ1) is 24.1. The Bertz CT molecular complexity index is 910. The third-order valence-corrected chi connectivity index (χ3v) is 6.13. The summed E-state index contributed by atoms with van der Waals surface area (Å²) in [5.74, 6) is 0.0784. The lowest BCUT2D eigenvalue weighted by molar-refractivity contribution is 0.0926. The highest BCUT2D eigenvalue weighted by molar-refractivity contribution is 6.34. The molecule has 1 aliphatic rings. The number of hydrogen-bond acceptors (Lipinski definition) is 3. The lowest BCUT2D eigenvalue weighted by Gasteiger charge is -2.23. The Morgan fingerprint density at radius 1 is 0.969 bits per heavy atom. The van der Waals surface area contributed by atoms with Crippen molar-refractivity contribution in [1.29, 1.82) is 0 Å². The molecule has 0 aliphatic heterocycles. The average Bonchev–Trinajstić information content (AvgIpc) is 2.81. The largest absolute Gasteiger partial charge is 0.493 e. The van der Waals surface area contributed by atoms with E-state index in [9.17, 15) is 9.59 Å². The van der Waals surface area contributed by atoms with Gasteiger partial charge in [-0.2, -0.15) is 0 Å². The van der Waals surface area contributed by atoms with Crippen LogP contribution in [0.1, 0.15) is 85.4 Å². The van der Waals surface area contributed by atoms with Gasteiger partial charge in [0.2, 0.25) is 0 Å². The zero-order valence-corrected chi connectivity index (χ0v) is 19.5. The first-order valence-electron chi connectivity index (χ1n) is 11.7. The van der Waals surface area contributed by atoms with Crippen LogP contribution in [0, 0.1) is 0 Å². The van der Waals surface area contributed by atoms with Crippen molar-refractivity contribution >= 4 is 29.1 Å². The summed E-state index contributed by atoms with van der Waals surface area (Å²) in [6.45, 7) is 2.75. The number of carbonyl (C=O) groups excluding carboxylic acids is 2. The topological polar surface area (TPSA) is 67.4 Å². The van der Waals surface area contributed by atoms with Crippen molar-refractivity contribution in [2.75, 3.05) is 11.9 Å².